The average Bonchev–Trinajstić information content (AvgIpc) is 3.18. The van der Waals surface area contributed by atoms with Crippen LogP contribution in [-0.4, -0.2) is 116 Å². The molecule has 1 fully saturated rings. The highest BCUT2D eigenvalue weighted by molar-refractivity contribution is 5.91. The minimum Gasteiger partial charge on any atom is -0.446 e. The first kappa shape index (κ1) is 42.5. The first-order chi connectivity index (χ1) is 26.9. The molecule has 2 aliphatic rings. The molecule has 3 aromatic carbocycles. The summed E-state index contributed by atoms with van der Waals surface area (Å²) in [5, 5.41) is 6.53. The van der Waals surface area contributed by atoms with E-state index in [1.54, 1.807) is 11.9 Å². The molecule has 3 aromatic rings. The highest BCUT2D eigenvalue weighted by atomic mass is 16.6. The van der Waals surface area contributed by atoms with Crippen molar-refractivity contribution < 1.29 is 23.9 Å². The Hall–Kier alpha value is -4.61. The maximum absolute atomic E-state index is 12.8. The molecule has 11 nitrogen and oxygen atoms in total. The number of para-hydroxylation sites is 1. The van der Waals surface area contributed by atoms with Crippen LogP contribution in [0.5, 0.6) is 0 Å². The molecular formula is C45H64N6O5. The van der Waals surface area contributed by atoms with Gasteiger partial charge in [-0.15, -0.1) is 0 Å². The number of anilines is 2. The number of likely N-dealkylation sites (N-methyl/N-ethyl adjacent to an activating group) is 1. The zero-order valence-electron chi connectivity index (χ0n) is 34.4. The van der Waals surface area contributed by atoms with Crippen LogP contribution in [0.25, 0.3) is 11.1 Å². The number of nitrogens with one attached hydrogen (secondary N) is 2. The van der Waals surface area contributed by atoms with Gasteiger partial charge in [0, 0.05) is 90.7 Å². The van der Waals surface area contributed by atoms with Crippen LogP contribution in [-0.2, 0) is 27.2 Å². The van der Waals surface area contributed by atoms with Crippen molar-refractivity contribution in [2.45, 2.75) is 90.4 Å². The molecule has 1 saturated heterocycles. The lowest BCUT2D eigenvalue weighted by atomic mass is 9.99. The fraction of sp³-hybridized carbons (Fsp3) is 0.533. The van der Waals surface area contributed by atoms with Crippen LogP contribution in [0.3, 0.4) is 0 Å². The Morgan fingerprint density at radius 3 is 2.30 bits per heavy atom. The van der Waals surface area contributed by atoms with E-state index in [1.807, 2.05) is 87.3 Å². The summed E-state index contributed by atoms with van der Waals surface area (Å²) in [6.45, 7) is 13.4. The zero-order chi connectivity index (χ0) is 39.9. The molecule has 11 heteroatoms. The van der Waals surface area contributed by atoms with Crippen LogP contribution in [0, 0.1) is 0 Å². The van der Waals surface area contributed by atoms with E-state index in [0.717, 1.165) is 113 Å². The molecule has 56 heavy (non-hydrogen) atoms. The van der Waals surface area contributed by atoms with Crippen LogP contribution < -0.4 is 10.6 Å². The van der Waals surface area contributed by atoms with Gasteiger partial charge in [0.2, 0.25) is 5.91 Å². The largest absolute Gasteiger partial charge is 0.446 e. The summed E-state index contributed by atoms with van der Waals surface area (Å²) in [5.41, 5.74) is 6.21. The molecule has 0 atom stereocenters. The van der Waals surface area contributed by atoms with Crippen LogP contribution in [0.1, 0.15) is 76.8 Å². The molecular weight excluding hydrogens is 705 g/mol. The molecule has 2 aliphatic heterocycles. The van der Waals surface area contributed by atoms with Gasteiger partial charge >= 0.3 is 12.2 Å². The lowest BCUT2D eigenvalue weighted by Crippen LogP contribution is -2.42. The molecule has 2 heterocycles. The number of hydrogen-bond donors (Lipinski definition) is 2. The molecule has 5 rings (SSSR count). The second-order valence-corrected chi connectivity index (χ2v) is 16.3. The number of unbranched alkanes of at least 4 members (excludes halogenated alkanes) is 2. The second-order valence-electron chi connectivity index (χ2n) is 16.3. The predicted octanol–water partition coefficient (Wildman–Crippen LogP) is 8.11. The standard InChI is InChI=1S/C45H64N6O5/c1-45(2,3)56-44(54)49(5)26-14-27-51-28-22-36-33-38(21-20-37(36)34-51)46-25-13-7-10-19-42(52)48(4)31-32-50-29-23-39(24-30-50)55-43(53)47-41-18-12-11-17-40(41)35-15-8-6-9-16-35/h6,8-9,11-12,15-18,20-21,33,39,46H,7,10,13-14,19,22-32,34H2,1-5H3,(H,47,53). The zero-order valence-corrected chi connectivity index (χ0v) is 34.4. The monoisotopic (exact) mass is 768 g/mol. The molecule has 0 aromatic heterocycles. The summed E-state index contributed by atoms with van der Waals surface area (Å²) in [6.07, 6.45) is 6.18. The van der Waals surface area contributed by atoms with E-state index in [4.69, 9.17) is 9.47 Å². The maximum atomic E-state index is 12.8. The first-order valence-electron chi connectivity index (χ1n) is 20.5. The number of fused-ring (bicyclic) bond motifs is 1. The molecule has 0 unspecified atom stereocenters. The quantitative estimate of drug-likeness (QED) is 0.133. The second kappa shape index (κ2) is 21.1. The van der Waals surface area contributed by atoms with Crippen molar-refractivity contribution in [2.75, 3.05) is 77.1 Å². The summed E-state index contributed by atoms with van der Waals surface area (Å²) in [5.74, 6) is 0.197. The van der Waals surface area contributed by atoms with Gasteiger partial charge in [-0.2, -0.15) is 0 Å². The van der Waals surface area contributed by atoms with Crippen molar-refractivity contribution in [3.8, 4) is 11.1 Å². The Morgan fingerprint density at radius 2 is 1.54 bits per heavy atom. The molecule has 0 spiro atoms. The van der Waals surface area contributed by atoms with Crippen molar-refractivity contribution in [3.63, 3.8) is 0 Å². The van der Waals surface area contributed by atoms with Crippen molar-refractivity contribution in [1.82, 2.24) is 19.6 Å². The summed E-state index contributed by atoms with van der Waals surface area (Å²) < 4.78 is 11.3. The van der Waals surface area contributed by atoms with Crippen molar-refractivity contribution >= 4 is 29.5 Å². The Kier molecular flexibility index (Phi) is 16.0. The van der Waals surface area contributed by atoms with E-state index in [-0.39, 0.29) is 18.1 Å². The smallest absolute Gasteiger partial charge is 0.411 e. The number of carbonyl (C=O) groups is 3. The normalized spacial score (nSPS) is 15.1. The van der Waals surface area contributed by atoms with Crippen LogP contribution in [0.4, 0.5) is 21.0 Å². The minimum absolute atomic E-state index is 0.120. The van der Waals surface area contributed by atoms with Gasteiger partial charge in [0.05, 0.1) is 5.69 Å². The fourth-order valence-electron chi connectivity index (χ4n) is 7.30. The molecule has 304 valence electrons. The molecule has 0 radical (unpaired) electrons. The number of hydrogen-bond acceptors (Lipinski definition) is 8. The lowest BCUT2D eigenvalue weighted by Gasteiger charge is -2.32. The highest BCUT2D eigenvalue weighted by Gasteiger charge is 2.24. The summed E-state index contributed by atoms with van der Waals surface area (Å²) in [4.78, 5) is 46.2. The van der Waals surface area contributed by atoms with E-state index in [0.29, 0.717) is 19.5 Å². The van der Waals surface area contributed by atoms with Gasteiger partial charge in [-0.05, 0) is 94.2 Å². The third-order valence-corrected chi connectivity index (χ3v) is 10.6. The van der Waals surface area contributed by atoms with Crippen LogP contribution in [0.2, 0.25) is 0 Å². The SMILES string of the molecule is CN(CCN1CCC(OC(=O)Nc2ccccc2-c2ccccc2)CC1)C(=O)CCCCCNc1ccc2c(c1)CCN(CCCN(C)C(=O)OC(C)(C)C)C2. The molecule has 0 aliphatic carbocycles. The fourth-order valence-corrected chi connectivity index (χ4v) is 7.30. The number of nitrogens with zero attached hydrogens (tertiary/aromatic N) is 4. The van der Waals surface area contributed by atoms with E-state index < -0.39 is 11.7 Å². The van der Waals surface area contributed by atoms with E-state index in [9.17, 15) is 14.4 Å². The van der Waals surface area contributed by atoms with E-state index in [2.05, 4.69) is 38.6 Å². The summed E-state index contributed by atoms with van der Waals surface area (Å²) >= 11 is 0. The number of carbonyl (C=O) groups excluding carboxylic acids is 3. The van der Waals surface area contributed by atoms with Crippen molar-refractivity contribution in [3.05, 3.63) is 83.9 Å². The van der Waals surface area contributed by atoms with Crippen LogP contribution >= 0.6 is 0 Å². The number of rotatable bonds is 17. The number of piperidine rings is 1. The topological polar surface area (TPSA) is 107 Å². The predicted molar refractivity (Wildman–Crippen MR) is 225 cm³/mol. The highest BCUT2D eigenvalue weighted by Crippen LogP contribution is 2.28. The Labute approximate surface area is 334 Å². The third kappa shape index (κ3) is 13.8. The maximum Gasteiger partial charge on any atom is 0.411 e. The van der Waals surface area contributed by atoms with Gasteiger partial charge in [-0.25, -0.2) is 9.59 Å². The van der Waals surface area contributed by atoms with Gasteiger partial charge < -0.3 is 29.5 Å². The molecule has 0 saturated carbocycles. The van der Waals surface area contributed by atoms with Gasteiger partial charge in [-0.1, -0.05) is 61.0 Å². The van der Waals surface area contributed by atoms with E-state index in [1.165, 1.54) is 11.1 Å². The van der Waals surface area contributed by atoms with Gasteiger partial charge in [0.15, 0.2) is 0 Å². The lowest BCUT2D eigenvalue weighted by molar-refractivity contribution is -0.130. The average molecular weight is 769 g/mol. The van der Waals surface area contributed by atoms with Gasteiger partial charge in [0.25, 0.3) is 0 Å². The van der Waals surface area contributed by atoms with Crippen molar-refractivity contribution in [1.29, 1.82) is 0 Å². The molecule has 3 amide bonds. The van der Waals surface area contributed by atoms with Gasteiger partial charge in [-0.3, -0.25) is 15.0 Å². The molecule has 2 N–H and O–H groups in total. The van der Waals surface area contributed by atoms with Crippen LogP contribution in [0.15, 0.2) is 72.8 Å². The molecule has 0 bridgehead atoms. The Morgan fingerprint density at radius 1 is 0.786 bits per heavy atom. The summed E-state index contributed by atoms with van der Waals surface area (Å²) in [7, 11) is 3.70. The minimum atomic E-state index is -0.477. The number of likely N-dealkylation sites (tertiary alicyclic amines) is 1. The first-order valence-corrected chi connectivity index (χ1v) is 20.5. The van der Waals surface area contributed by atoms with E-state index >= 15 is 0 Å². The Balaban J connectivity index is 0.892. The summed E-state index contributed by atoms with van der Waals surface area (Å²) in [6, 6.07) is 24.5. The third-order valence-electron chi connectivity index (χ3n) is 10.6. The number of benzene rings is 3. The number of amides is 3. The number of ether oxygens (including phenoxy) is 2. The Bertz CT molecular complexity index is 1700. The van der Waals surface area contributed by atoms with Crippen molar-refractivity contribution in [2.24, 2.45) is 0 Å². The van der Waals surface area contributed by atoms with Gasteiger partial charge in [0.1, 0.15) is 11.7 Å².